The highest BCUT2D eigenvalue weighted by molar-refractivity contribution is 7.92. The number of hydrogen-bond acceptors (Lipinski definition) is 5. The van der Waals surface area contributed by atoms with Gasteiger partial charge in [-0.15, -0.1) is 0 Å². The summed E-state index contributed by atoms with van der Waals surface area (Å²) in [6.45, 7) is 4.80. The summed E-state index contributed by atoms with van der Waals surface area (Å²) in [5.74, 6) is 0.133. The number of nitrogens with one attached hydrogen (secondary N) is 1. The average molecular weight is 403 g/mol. The molecule has 26 heavy (non-hydrogen) atoms. The van der Waals surface area contributed by atoms with E-state index >= 15 is 0 Å². The molecule has 0 bridgehead atoms. The van der Waals surface area contributed by atoms with E-state index in [1.165, 1.54) is 4.31 Å². The summed E-state index contributed by atoms with van der Waals surface area (Å²) < 4.78 is 59.6. The second kappa shape index (κ2) is 7.46. The van der Waals surface area contributed by atoms with Crippen LogP contribution in [0.25, 0.3) is 0 Å². The molecule has 0 radical (unpaired) electrons. The number of aryl methyl sites for hydroxylation is 2. The Bertz CT molecular complexity index is 875. The zero-order valence-electron chi connectivity index (χ0n) is 15.2. The molecule has 0 saturated carbocycles. The van der Waals surface area contributed by atoms with Gasteiger partial charge in [0.25, 0.3) is 0 Å². The van der Waals surface area contributed by atoms with Crippen LogP contribution in [-0.2, 0) is 24.8 Å². The summed E-state index contributed by atoms with van der Waals surface area (Å²) in [7, 11) is -7.01. The van der Waals surface area contributed by atoms with E-state index in [2.05, 4.69) is 4.72 Å². The Labute approximate surface area is 155 Å². The minimum Gasteiger partial charge on any atom is -0.377 e. The van der Waals surface area contributed by atoms with Gasteiger partial charge in [0.1, 0.15) is 0 Å². The maximum Gasteiger partial charge on any atom is 0.240 e. The summed E-state index contributed by atoms with van der Waals surface area (Å²) in [4.78, 5) is 0.186. The molecule has 9 heteroatoms. The van der Waals surface area contributed by atoms with Crippen LogP contribution in [0.5, 0.6) is 0 Å². The third-order valence-corrected chi connectivity index (χ3v) is 8.35. The molecule has 2 aliphatic heterocycles. The number of hydrogen-bond donors (Lipinski definition) is 1. The second-order valence-corrected chi connectivity index (χ2v) is 10.7. The van der Waals surface area contributed by atoms with Gasteiger partial charge in [-0.25, -0.2) is 21.6 Å². The topological polar surface area (TPSA) is 92.8 Å². The molecule has 7 nitrogen and oxygen atoms in total. The molecule has 1 unspecified atom stereocenters. The van der Waals surface area contributed by atoms with E-state index < -0.39 is 20.0 Å². The third kappa shape index (κ3) is 4.05. The van der Waals surface area contributed by atoms with E-state index in [4.69, 9.17) is 4.74 Å². The minimum absolute atomic E-state index is 0.0797. The van der Waals surface area contributed by atoms with Gasteiger partial charge in [0, 0.05) is 19.7 Å². The molecular weight excluding hydrogens is 376 g/mol. The lowest BCUT2D eigenvalue weighted by Gasteiger charge is -2.30. The Hall–Kier alpha value is -1.16. The molecule has 0 aromatic heterocycles. The molecule has 1 N–H and O–H groups in total. The summed E-state index contributed by atoms with van der Waals surface area (Å²) in [5, 5.41) is 0. The summed E-state index contributed by atoms with van der Waals surface area (Å²) in [6, 6.07) is 3.23. The van der Waals surface area contributed by atoms with Gasteiger partial charge in [0.05, 0.1) is 22.4 Å². The van der Waals surface area contributed by atoms with E-state index in [9.17, 15) is 16.8 Å². The van der Waals surface area contributed by atoms with E-state index in [1.807, 2.05) is 0 Å². The van der Waals surface area contributed by atoms with Gasteiger partial charge in [-0.1, -0.05) is 0 Å². The number of ether oxygens (including phenoxy) is 1. The van der Waals surface area contributed by atoms with E-state index in [0.717, 1.165) is 19.3 Å². The second-order valence-electron chi connectivity index (χ2n) is 6.99. The Morgan fingerprint density at radius 2 is 1.96 bits per heavy atom. The lowest BCUT2D eigenvalue weighted by Crippen LogP contribution is -2.38. The lowest BCUT2D eigenvalue weighted by molar-refractivity contribution is 0.114. The zero-order valence-corrected chi connectivity index (χ0v) is 16.8. The number of anilines is 1. The standard InChI is InChI=1S/C17H26N2O5S2/c1-13-11-17(26(22,23)18-12-15-6-5-8-24-15)14(2)10-16(13)19-7-3-4-9-25(19,20)21/h10-11,15,18H,3-9,12H2,1-2H3. The zero-order chi connectivity index (χ0) is 18.9. The van der Waals surface area contributed by atoms with Gasteiger partial charge in [0.15, 0.2) is 0 Å². The van der Waals surface area contributed by atoms with E-state index in [0.29, 0.717) is 36.4 Å². The molecule has 0 aliphatic carbocycles. The number of rotatable bonds is 5. The molecule has 0 spiro atoms. The first-order valence-electron chi connectivity index (χ1n) is 8.94. The van der Waals surface area contributed by atoms with Crippen LogP contribution in [0.3, 0.4) is 0 Å². The van der Waals surface area contributed by atoms with Crippen molar-refractivity contribution in [3.8, 4) is 0 Å². The maximum atomic E-state index is 12.7. The fourth-order valence-electron chi connectivity index (χ4n) is 3.48. The Morgan fingerprint density at radius 1 is 1.19 bits per heavy atom. The highest BCUT2D eigenvalue weighted by Crippen LogP contribution is 2.31. The van der Waals surface area contributed by atoms with E-state index in [-0.39, 0.29) is 23.3 Å². The van der Waals surface area contributed by atoms with Crippen LogP contribution in [0, 0.1) is 13.8 Å². The first-order valence-corrected chi connectivity index (χ1v) is 12.0. The molecule has 2 fully saturated rings. The van der Waals surface area contributed by atoms with Gasteiger partial charge >= 0.3 is 0 Å². The van der Waals surface area contributed by atoms with Crippen molar-refractivity contribution in [3.63, 3.8) is 0 Å². The fourth-order valence-corrected chi connectivity index (χ4v) is 6.55. The molecule has 2 aliphatic rings. The number of benzene rings is 1. The molecule has 146 valence electrons. The van der Waals surface area contributed by atoms with Crippen LogP contribution in [0.4, 0.5) is 5.69 Å². The molecular formula is C17H26N2O5S2. The minimum atomic E-state index is -3.68. The van der Waals surface area contributed by atoms with Gasteiger partial charge in [-0.05, 0) is 62.8 Å². The molecule has 1 aromatic rings. The van der Waals surface area contributed by atoms with Crippen molar-refractivity contribution in [2.45, 2.75) is 50.5 Å². The Morgan fingerprint density at radius 3 is 2.62 bits per heavy atom. The predicted octanol–water partition coefficient (Wildman–Crippen LogP) is 1.69. The summed E-state index contributed by atoms with van der Waals surface area (Å²) in [5.41, 5.74) is 1.74. The SMILES string of the molecule is Cc1cc(S(=O)(=O)NCC2CCCO2)c(C)cc1N1CCCCS1(=O)=O. The van der Waals surface area contributed by atoms with Crippen molar-refractivity contribution in [2.75, 3.05) is 29.8 Å². The van der Waals surface area contributed by atoms with Gasteiger partial charge in [-0.3, -0.25) is 4.31 Å². The van der Waals surface area contributed by atoms with Gasteiger partial charge in [-0.2, -0.15) is 0 Å². The van der Waals surface area contributed by atoms with Crippen molar-refractivity contribution in [1.29, 1.82) is 0 Å². The predicted molar refractivity (Wildman–Crippen MR) is 100 cm³/mol. The molecule has 3 rings (SSSR count). The van der Waals surface area contributed by atoms with E-state index in [1.54, 1.807) is 26.0 Å². The van der Waals surface area contributed by atoms with Gasteiger partial charge in [0.2, 0.25) is 20.0 Å². The summed E-state index contributed by atoms with van der Waals surface area (Å²) in [6.07, 6.45) is 3.19. The van der Waals surface area contributed by atoms with Crippen LogP contribution in [0.1, 0.15) is 36.8 Å². The molecule has 0 amide bonds. The highest BCUT2D eigenvalue weighted by atomic mass is 32.2. The highest BCUT2D eigenvalue weighted by Gasteiger charge is 2.29. The van der Waals surface area contributed by atoms with Crippen LogP contribution in [-0.4, -0.2) is 48.4 Å². The number of nitrogens with zero attached hydrogens (tertiary/aromatic N) is 1. The Kier molecular flexibility index (Phi) is 5.62. The van der Waals surface area contributed by atoms with Crippen molar-refractivity contribution in [3.05, 3.63) is 23.3 Å². The van der Waals surface area contributed by atoms with Crippen LogP contribution in [0.2, 0.25) is 0 Å². The normalized spacial score (nSPS) is 23.3. The van der Waals surface area contributed by atoms with Crippen LogP contribution >= 0.6 is 0 Å². The Balaban J connectivity index is 1.86. The first-order chi connectivity index (χ1) is 12.2. The molecule has 1 atom stereocenters. The van der Waals surface area contributed by atoms with Crippen molar-refractivity contribution >= 4 is 25.7 Å². The van der Waals surface area contributed by atoms with Gasteiger partial charge < -0.3 is 4.74 Å². The van der Waals surface area contributed by atoms with Crippen molar-refractivity contribution in [2.24, 2.45) is 0 Å². The average Bonchev–Trinajstić information content (AvgIpc) is 3.08. The lowest BCUT2D eigenvalue weighted by atomic mass is 10.1. The van der Waals surface area contributed by atoms with Crippen LogP contribution in [0.15, 0.2) is 17.0 Å². The first kappa shape index (κ1) is 19.6. The quantitative estimate of drug-likeness (QED) is 0.809. The fraction of sp³-hybridized carbons (Fsp3) is 0.647. The largest absolute Gasteiger partial charge is 0.377 e. The van der Waals surface area contributed by atoms with Crippen molar-refractivity contribution < 1.29 is 21.6 Å². The molecule has 2 saturated heterocycles. The summed E-state index contributed by atoms with van der Waals surface area (Å²) >= 11 is 0. The van der Waals surface area contributed by atoms with Crippen molar-refractivity contribution in [1.82, 2.24) is 4.72 Å². The third-order valence-electron chi connectivity index (χ3n) is 4.93. The molecule has 1 aromatic carbocycles. The monoisotopic (exact) mass is 402 g/mol. The number of sulfonamides is 2. The van der Waals surface area contributed by atoms with Crippen LogP contribution < -0.4 is 9.03 Å². The smallest absolute Gasteiger partial charge is 0.240 e. The maximum absolute atomic E-state index is 12.7. The molecule has 2 heterocycles.